The Kier molecular flexibility index (Phi) is 5.47. The third-order valence-electron chi connectivity index (χ3n) is 8.30. The van der Waals surface area contributed by atoms with E-state index in [-0.39, 0.29) is 24.3 Å². The number of rotatable bonds is 7. The van der Waals surface area contributed by atoms with E-state index in [0.29, 0.717) is 6.04 Å². The van der Waals surface area contributed by atoms with Crippen molar-refractivity contribution in [1.29, 1.82) is 0 Å². The Morgan fingerprint density at radius 3 is 2.56 bits per heavy atom. The van der Waals surface area contributed by atoms with Gasteiger partial charge in [-0.2, -0.15) is 4.31 Å². The van der Waals surface area contributed by atoms with E-state index in [2.05, 4.69) is 33.4 Å². The number of hydrogen-bond donors (Lipinski definition) is 4. The summed E-state index contributed by atoms with van der Waals surface area (Å²) in [7, 11) is -3.24. The quantitative estimate of drug-likeness (QED) is 0.474. The highest BCUT2D eigenvalue weighted by molar-refractivity contribution is 7.90. The maximum atomic E-state index is 13.5. The van der Waals surface area contributed by atoms with Gasteiger partial charge in [-0.3, -0.25) is 10.4 Å². The van der Waals surface area contributed by atoms with Gasteiger partial charge in [0.05, 0.1) is 16.4 Å². The molecule has 6 rings (SSSR count). The molecule has 0 spiro atoms. The molecule has 0 radical (unpaired) electrons. The minimum atomic E-state index is -3.24. The van der Waals surface area contributed by atoms with Crippen LogP contribution in [0.4, 0.5) is 11.6 Å². The first kappa shape index (κ1) is 22.5. The first-order chi connectivity index (χ1) is 16.4. The monoisotopic (exact) mass is 485 g/mol. The molecule has 4 N–H and O–H groups in total. The molecular formula is C24H35N7O2S. The number of sulfonamides is 1. The number of anilines is 2. The van der Waals surface area contributed by atoms with E-state index in [1.807, 2.05) is 29.4 Å². The fourth-order valence-corrected chi connectivity index (χ4v) is 8.84. The molecule has 34 heavy (non-hydrogen) atoms. The van der Waals surface area contributed by atoms with Crippen LogP contribution in [0.2, 0.25) is 0 Å². The van der Waals surface area contributed by atoms with Crippen molar-refractivity contribution >= 4 is 32.6 Å². The van der Waals surface area contributed by atoms with E-state index in [9.17, 15) is 8.42 Å². The fourth-order valence-electron chi connectivity index (χ4n) is 6.24. The molecule has 5 atom stereocenters. The molecule has 2 aromatic rings. The molecule has 2 aromatic heterocycles. The van der Waals surface area contributed by atoms with Crippen molar-refractivity contribution in [2.24, 2.45) is 0 Å². The Hall–Kier alpha value is -2.01. The first-order valence-electron chi connectivity index (χ1n) is 12.7. The topological polar surface area (TPSA) is 111 Å². The zero-order chi connectivity index (χ0) is 23.5. The second-order valence-corrected chi connectivity index (χ2v) is 12.9. The predicted molar refractivity (Wildman–Crippen MR) is 134 cm³/mol. The van der Waals surface area contributed by atoms with Crippen LogP contribution in [0.3, 0.4) is 0 Å². The summed E-state index contributed by atoms with van der Waals surface area (Å²) < 4.78 is 28.4. The number of nitrogens with one attached hydrogen (secondary N) is 4. The lowest BCUT2D eigenvalue weighted by Crippen LogP contribution is -2.53. The number of fused-ring (bicyclic) bond motifs is 3. The van der Waals surface area contributed by atoms with Gasteiger partial charge in [0.2, 0.25) is 10.0 Å². The third-order valence-corrected chi connectivity index (χ3v) is 11.2. The number of hydrazine groups is 1. The van der Waals surface area contributed by atoms with Crippen molar-refractivity contribution in [2.45, 2.75) is 100 Å². The van der Waals surface area contributed by atoms with Gasteiger partial charge in [-0.05, 0) is 70.4 Å². The van der Waals surface area contributed by atoms with Crippen LogP contribution in [0.15, 0.2) is 24.4 Å². The van der Waals surface area contributed by atoms with Crippen molar-refractivity contribution in [3.05, 3.63) is 24.4 Å². The van der Waals surface area contributed by atoms with Gasteiger partial charge in [0.15, 0.2) is 0 Å². The highest BCUT2D eigenvalue weighted by atomic mass is 32.2. The summed E-state index contributed by atoms with van der Waals surface area (Å²) in [5.74, 6) is 1.60. The van der Waals surface area contributed by atoms with Gasteiger partial charge in [0, 0.05) is 41.8 Å². The van der Waals surface area contributed by atoms with Crippen LogP contribution < -0.4 is 21.5 Å². The van der Waals surface area contributed by atoms with Crippen molar-refractivity contribution in [3.63, 3.8) is 0 Å². The van der Waals surface area contributed by atoms with Gasteiger partial charge in [0.25, 0.3) is 0 Å². The van der Waals surface area contributed by atoms with Crippen LogP contribution >= 0.6 is 0 Å². The number of piperidine rings is 1. The highest BCUT2D eigenvalue weighted by Crippen LogP contribution is 2.52. The lowest BCUT2D eigenvalue weighted by molar-refractivity contribution is 0.231. The molecule has 184 valence electrons. The van der Waals surface area contributed by atoms with Crippen LogP contribution in [-0.2, 0) is 10.0 Å². The smallest absolute Gasteiger partial charge is 0.220 e. The summed E-state index contributed by atoms with van der Waals surface area (Å²) in [4.78, 5) is 9.49. The number of nitrogens with zero attached hydrogens (tertiary/aromatic N) is 3. The second kappa shape index (κ2) is 8.29. The minimum absolute atomic E-state index is 0.0891. The molecule has 1 saturated carbocycles. The Morgan fingerprint density at radius 1 is 1.15 bits per heavy atom. The first-order valence-corrected chi connectivity index (χ1v) is 14.2. The zero-order valence-corrected chi connectivity index (χ0v) is 20.7. The Balaban J connectivity index is 1.23. The average molecular weight is 486 g/mol. The molecule has 5 heterocycles. The zero-order valence-electron chi connectivity index (χ0n) is 19.9. The summed E-state index contributed by atoms with van der Waals surface area (Å²) >= 11 is 0. The number of aromatic nitrogens is 2. The van der Waals surface area contributed by atoms with E-state index < -0.39 is 14.8 Å². The minimum Gasteiger partial charge on any atom is -0.367 e. The van der Waals surface area contributed by atoms with Gasteiger partial charge in [-0.25, -0.2) is 18.8 Å². The van der Waals surface area contributed by atoms with Crippen LogP contribution in [-0.4, -0.2) is 57.8 Å². The average Bonchev–Trinajstić information content (AvgIpc) is 3.46. The van der Waals surface area contributed by atoms with Crippen molar-refractivity contribution in [1.82, 2.24) is 25.1 Å². The largest absolute Gasteiger partial charge is 0.367 e. The van der Waals surface area contributed by atoms with Gasteiger partial charge >= 0.3 is 0 Å². The standard InChI is InChI=1S/C24H35N7O2S/c1-3-24(8-9-24)34(32,33)31-17-6-7-18(31)13-16(12-17)26-23-19-5-4-10-25-20(19)14-21(28-23)27-22-11-15(2)29-30-22/h4-5,10,14-18,22,29-30H,3,6-9,11-13H2,1-2H3,(H2,26,27,28)/t15?,16?,17-,18+,22?. The van der Waals surface area contributed by atoms with Crippen LogP contribution in [0.1, 0.15) is 65.2 Å². The lowest BCUT2D eigenvalue weighted by atomic mass is 9.99. The van der Waals surface area contributed by atoms with E-state index in [0.717, 1.165) is 73.9 Å². The van der Waals surface area contributed by atoms with Gasteiger partial charge in [0.1, 0.15) is 11.6 Å². The van der Waals surface area contributed by atoms with Crippen molar-refractivity contribution < 1.29 is 8.42 Å². The molecule has 10 heteroatoms. The normalized spacial score (nSPS) is 32.7. The highest BCUT2D eigenvalue weighted by Gasteiger charge is 2.59. The molecule has 4 fully saturated rings. The summed E-state index contributed by atoms with van der Waals surface area (Å²) in [6, 6.07) is 6.74. The Bertz CT molecular complexity index is 1170. The molecular weight excluding hydrogens is 450 g/mol. The Morgan fingerprint density at radius 2 is 1.91 bits per heavy atom. The summed E-state index contributed by atoms with van der Waals surface area (Å²) in [6.07, 6.45) is 8.78. The molecule has 4 aliphatic rings. The molecule has 0 amide bonds. The second-order valence-electron chi connectivity index (χ2n) is 10.6. The third kappa shape index (κ3) is 3.75. The predicted octanol–water partition coefficient (Wildman–Crippen LogP) is 2.93. The lowest BCUT2D eigenvalue weighted by Gasteiger charge is -2.40. The number of pyridine rings is 2. The Labute approximate surface area is 201 Å². The van der Waals surface area contributed by atoms with Crippen molar-refractivity contribution in [2.75, 3.05) is 10.6 Å². The van der Waals surface area contributed by atoms with Crippen LogP contribution in [0, 0.1) is 0 Å². The van der Waals surface area contributed by atoms with E-state index in [4.69, 9.17) is 4.98 Å². The number of hydrogen-bond acceptors (Lipinski definition) is 8. The van der Waals surface area contributed by atoms with E-state index in [1.54, 1.807) is 6.20 Å². The van der Waals surface area contributed by atoms with Gasteiger partial charge in [-0.1, -0.05) is 6.92 Å². The summed E-state index contributed by atoms with van der Waals surface area (Å²) in [5.41, 5.74) is 7.39. The summed E-state index contributed by atoms with van der Waals surface area (Å²) in [6.45, 7) is 4.16. The molecule has 0 aromatic carbocycles. The van der Waals surface area contributed by atoms with Gasteiger partial charge < -0.3 is 10.6 Å². The molecule has 9 nitrogen and oxygen atoms in total. The fraction of sp³-hybridized carbons (Fsp3) is 0.667. The SMILES string of the molecule is CCC1(S(=O)(=O)N2[C@@H]3CC[C@H]2CC(Nc2nc(NC4CC(C)NN4)cc4ncccc24)C3)CC1. The maximum Gasteiger partial charge on any atom is 0.220 e. The van der Waals surface area contributed by atoms with Gasteiger partial charge in [-0.15, -0.1) is 0 Å². The van der Waals surface area contributed by atoms with Crippen LogP contribution in [0.5, 0.6) is 0 Å². The van der Waals surface area contributed by atoms with Crippen molar-refractivity contribution in [3.8, 4) is 0 Å². The molecule has 1 aliphatic carbocycles. The van der Waals surface area contributed by atoms with E-state index >= 15 is 0 Å². The molecule has 3 aliphatic heterocycles. The molecule has 2 bridgehead atoms. The molecule has 3 unspecified atom stereocenters. The van der Waals surface area contributed by atoms with E-state index in [1.165, 1.54) is 0 Å². The summed E-state index contributed by atoms with van der Waals surface area (Å²) in [5, 5.41) is 8.16. The molecule has 3 saturated heterocycles. The maximum absolute atomic E-state index is 13.5. The van der Waals surface area contributed by atoms with Crippen LogP contribution in [0.25, 0.3) is 10.9 Å².